The number of rotatable bonds is 6. The standard InChI is InChI=1S/C19H17Cl2NO5S/c1-4-27-18(24)15-10(2)16(19(25)26-3)28-17(15)22-14(23)8-6-11-5-7-12(20)9-13(11)21/h5-9H,4H2,1-3H3,(H,22,23)/b8-6+. The molecule has 1 aromatic heterocycles. The molecular weight excluding hydrogens is 425 g/mol. The van der Waals surface area contributed by atoms with Crippen LogP contribution in [0.3, 0.4) is 0 Å². The molecule has 0 radical (unpaired) electrons. The van der Waals surface area contributed by atoms with E-state index in [4.69, 9.17) is 32.7 Å². The number of halogens is 2. The van der Waals surface area contributed by atoms with Gasteiger partial charge in [-0.3, -0.25) is 4.79 Å². The Balaban J connectivity index is 2.30. The maximum absolute atomic E-state index is 12.3. The Morgan fingerprint density at radius 3 is 2.54 bits per heavy atom. The molecule has 6 nitrogen and oxygen atoms in total. The van der Waals surface area contributed by atoms with E-state index in [1.807, 2.05) is 0 Å². The number of hydrogen-bond donors (Lipinski definition) is 1. The fourth-order valence-corrected chi connectivity index (χ4v) is 3.88. The molecule has 0 saturated heterocycles. The zero-order valence-corrected chi connectivity index (χ0v) is 17.6. The first-order valence-electron chi connectivity index (χ1n) is 8.11. The second kappa shape index (κ2) is 9.73. The minimum Gasteiger partial charge on any atom is -0.465 e. The molecule has 148 valence electrons. The number of amides is 1. The van der Waals surface area contributed by atoms with Crippen LogP contribution in [0.15, 0.2) is 24.3 Å². The van der Waals surface area contributed by atoms with Crippen molar-refractivity contribution in [3.8, 4) is 0 Å². The van der Waals surface area contributed by atoms with Crippen molar-refractivity contribution in [2.24, 2.45) is 0 Å². The minimum absolute atomic E-state index is 0.124. The highest BCUT2D eigenvalue weighted by Gasteiger charge is 2.26. The van der Waals surface area contributed by atoms with Crippen LogP contribution in [0.2, 0.25) is 10.0 Å². The van der Waals surface area contributed by atoms with Gasteiger partial charge >= 0.3 is 11.9 Å². The van der Waals surface area contributed by atoms with E-state index < -0.39 is 17.8 Å². The maximum atomic E-state index is 12.3. The summed E-state index contributed by atoms with van der Waals surface area (Å²) in [7, 11) is 1.24. The summed E-state index contributed by atoms with van der Waals surface area (Å²) < 4.78 is 9.76. The predicted octanol–water partition coefficient (Wildman–Crippen LogP) is 4.98. The van der Waals surface area contributed by atoms with Crippen LogP contribution in [-0.2, 0) is 14.3 Å². The Kier molecular flexibility index (Phi) is 7.62. The molecule has 0 saturated carbocycles. The SMILES string of the molecule is CCOC(=O)c1c(NC(=O)/C=C/c2ccc(Cl)cc2Cl)sc(C(=O)OC)c1C. The van der Waals surface area contributed by atoms with Gasteiger partial charge in [-0.1, -0.05) is 29.3 Å². The van der Waals surface area contributed by atoms with Gasteiger partial charge in [-0.25, -0.2) is 9.59 Å². The first-order valence-corrected chi connectivity index (χ1v) is 9.68. The van der Waals surface area contributed by atoms with Crippen LogP contribution in [-0.4, -0.2) is 31.6 Å². The summed E-state index contributed by atoms with van der Waals surface area (Å²) in [5.74, 6) is -1.74. The van der Waals surface area contributed by atoms with Gasteiger partial charge in [0.1, 0.15) is 9.88 Å². The number of anilines is 1. The number of thiophene rings is 1. The summed E-state index contributed by atoms with van der Waals surface area (Å²) in [5.41, 5.74) is 1.11. The topological polar surface area (TPSA) is 81.7 Å². The Morgan fingerprint density at radius 2 is 1.93 bits per heavy atom. The lowest BCUT2D eigenvalue weighted by Gasteiger charge is -2.05. The van der Waals surface area contributed by atoms with E-state index in [1.54, 1.807) is 32.0 Å². The number of methoxy groups -OCH3 is 1. The van der Waals surface area contributed by atoms with E-state index in [-0.39, 0.29) is 22.0 Å². The van der Waals surface area contributed by atoms with Crippen molar-refractivity contribution in [2.75, 3.05) is 19.0 Å². The summed E-state index contributed by atoms with van der Waals surface area (Å²) in [5, 5.41) is 3.68. The highest BCUT2D eigenvalue weighted by Crippen LogP contribution is 2.34. The van der Waals surface area contributed by atoms with Gasteiger partial charge < -0.3 is 14.8 Å². The van der Waals surface area contributed by atoms with Crippen LogP contribution in [0.1, 0.15) is 38.1 Å². The molecule has 0 unspecified atom stereocenters. The van der Waals surface area contributed by atoms with Gasteiger partial charge in [0.15, 0.2) is 0 Å². The second-order valence-corrected chi connectivity index (χ2v) is 7.33. The average Bonchev–Trinajstić information content (AvgIpc) is 2.96. The smallest absolute Gasteiger partial charge is 0.348 e. The van der Waals surface area contributed by atoms with Crippen LogP contribution in [0.4, 0.5) is 5.00 Å². The van der Waals surface area contributed by atoms with E-state index in [0.717, 1.165) is 11.3 Å². The maximum Gasteiger partial charge on any atom is 0.348 e. The highest BCUT2D eigenvalue weighted by molar-refractivity contribution is 7.18. The Labute approximate surface area is 176 Å². The molecule has 1 N–H and O–H groups in total. The summed E-state index contributed by atoms with van der Waals surface area (Å²) >= 11 is 12.9. The Hall–Kier alpha value is -2.35. The molecule has 2 rings (SSSR count). The van der Waals surface area contributed by atoms with Gasteiger partial charge in [-0.05, 0) is 43.2 Å². The van der Waals surface area contributed by atoms with Gasteiger partial charge in [-0.2, -0.15) is 0 Å². The predicted molar refractivity (Wildman–Crippen MR) is 110 cm³/mol. The van der Waals surface area contributed by atoms with E-state index in [2.05, 4.69) is 5.32 Å². The Bertz CT molecular complexity index is 952. The van der Waals surface area contributed by atoms with Crippen LogP contribution < -0.4 is 5.32 Å². The van der Waals surface area contributed by atoms with E-state index in [0.29, 0.717) is 21.2 Å². The third kappa shape index (κ3) is 5.13. The van der Waals surface area contributed by atoms with E-state index >= 15 is 0 Å². The van der Waals surface area contributed by atoms with Crippen LogP contribution >= 0.6 is 34.5 Å². The minimum atomic E-state index is -0.633. The third-order valence-corrected chi connectivity index (χ3v) is 5.36. The average molecular weight is 442 g/mol. The first kappa shape index (κ1) is 21.9. The van der Waals surface area contributed by atoms with Gasteiger partial charge in [0.25, 0.3) is 0 Å². The van der Waals surface area contributed by atoms with Gasteiger partial charge in [-0.15, -0.1) is 11.3 Å². The lowest BCUT2D eigenvalue weighted by atomic mass is 10.1. The zero-order valence-electron chi connectivity index (χ0n) is 15.3. The van der Waals surface area contributed by atoms with Gasteiger partial charge in [0.2, 0.25) is 5.91 Å². The molecule has 0 bridgehead atoms. The van der Waals surface area contributed by atoms with Crippen molar-refractivity contribution in [1.82, 2.24) is 0 Å². The third-order valence-electron chi connectivity index (χ3n) is 3.61. The first-order chi connectivity index (χ1) is 13.3. The number of hydrogen-bond acceptors (Lipinski definition) is 6. The monoisotopic (exact) mass is 441 g/mol. The molecule has 0 spiro atoms. The number of carbonyl (C=O) groups excluding carboxylic acids is 3. The van der Waals surface area contributed by atoms with Crippen LogP contribution in [0.25, 0.3) is 6.08 Å². The van der Waals surface area contributed by atoms with E-state index in [1.165, 1.54) is 19.3 Å². The van der Waals surface area contributed by atoms with Crippen molar-refractivity contribution in [3.05, 3.63) is 55.9 Å². The number of carbonyl (C=O) groups is 3. The van der Waals surface area contributed by atoms with Crippen molar-refractivity contribution in [1.29, 1.82) is 0 Å². The van der Waals surface area contributed by atoms with Crippen molar-refractivity contribution < 1.29 is 23.9 Å². The molecule has 1 amide bonds. The van der Waals surface area contributed by atoms with Crippen LogP contribution in [0.5, 0.6) is 0 Å². The lowest BCUT2D eigenvalue weighted by Crippen LogP contribution is -2.12. The number of nitrogens with one attached hydrogen (secondary N) is 1. The Morgan fingerprint density at radius 1 is 1.21 bits per heavy atom. The molecular formula is C19H17Cl2NO5S. The van der Waals surface area contributed by atoms with E-state index in [9.17, 15) is 14.4 Å². The molecule has 1 heterocycles. The second-order valence-electron chi connectivity index (χ2n) is 5.46. The molecule has 1 aromatic carbocycles. The summed E-state index contributed by atoms with van der Waals surface area (Å²) in [6.07, 6.45) is 2.77. The van der Waals surface area contributed by atoms with Crippen molar-refractivity contribution in [3.63, 3.8) is 0 Å². The normalized spacial score (nSPS) is 10.8. The summed E-state index contributed by atoms with van der Waals surface area (Å²) in [4.78, 5) is 36.7. The quantitative estimate of drug-likeness (QED) is 0.504. The summed E-state index contributed by atoms with van der Waals surface area (Å²) in [6.45, 7) is 3.41. The molecule has 0 aliphatic rings. The largest absolute Gasteiger partial charge is 0.465 e. The van der Waals surface area contributed by atoms with Crippen molar-refractivity contribution >= 4 is 63.5 Å². The molecule has 9 heteroatoms. The zero-order chi connectivity index (χ0) is 20.8. The van der Waals surface area contributed by atoms with Gasteiger partial charge in [0, 0.05) is 16.1 Å². The lowest BCUT2D eigenvalue weighted by molar-refractivity contribution is -0.111. The number of benzene rings is 1. The fraction of sp³-hybridized carbons (Fsp3) is 0.211. The molecule has 0 aliphatic heterocycles. The highest BCUT2D eigenvalue weighted by atomic mass is 35.5. The number of esters is 2. The molecule has 28 heavy (non-hydrogen) atoms. The molecule has 0 fully saturated rings. The molecule has 0 atom stereocenters. The van der Waals surface area contributed by atoms with Crippen LogP contribution in [0, 0.1) is 6.92 Å². The van der Waals surface area contributed by atoms with Gasteiger partial charge in [0.05, 0.1) is 19.3 Å². The molecule has 0 aliphatic carbocycles. The number of ether oxygens (including phenoxy) is 2. The molecule has 2 aromatic rings. The fourth-order valence-electron chi connectivity index (χ4n) is 2.29. The van der Waals surface area contributed by atoms with Crippen molar-refractivity contribution in [2.45, 2.75) is 13.8 Å². The summed E-state index contributed by atoms with van der Waals surface area (Å²) in [6, 6.07) is 4.88.